The van der Waals surface area contributed by atoms with Crippen molar-refractivity contribution in [1.82, 2.24) is 5.32 Å². The molecule has 1 amide bonds. The first-order chi connectivity index (χ1) is 8.14. The number of halogens is 1. The Bertz CT molecular complexity index is 335. The van der Waals surface area contributed by atoms with E-state index in [-0.39, 0.29) is 18.3 Å². The van der Waals surface area contributed by atoms with Crippen LogP contribution in [-0.4, -0.2) is 39.0 Å². The van der Waals surface area contributed by atoms with Gasteiger partial charge in [-0.25, -0.2) is 4.79 Å². The third-order valence-electron chi connectivity index (χ3n) is 2.09. The highest BCUT2D eigenvalue weighted by Crippen LogP contribution is 2.17. The van der Waals surface area contributed by atoms with Crippen LogP contribution in [0.2, 0.25) is 0 Å². The summed E-state index contributed by atoms with van der Waals surface area (Å²) in [6.07, 6.45) is 0.765. The standard InChI is InChI=1S/C10H19IN4O3/c1-10(2,11)8(18)15-6(7(16)17)4-3-5-14-9(12)13/h6H,3-5H2,1-2H3,(H,15,18)(H,16,17)(H4,12,13,14). The summed E-state index contributed by atoms with van der Waals surface area (Å²) >= 11 is 1.95. The number of carboxylic acids is 1. The average molecular weight is 370 g/mol. The maximum atomic E-state index is 11.7. The van der Waals surface area contributed by atoms with Crippen molar-refractivity contribution in [3.63, 3.8) is 0 Å². The van der Waals surface area contributed by atoms with Crippen molar-refractivity contribution in [3.05, 3.63) is 0 Å². The number of guanidine groups is 1. The second kappa shape index (κ2) is 7.39. The normalized spacial score (nSPS) is 12.6. The lowest BCUT2D eigenvalue weighted by molar-refractivity contribution is -0.142. The second-order valence-corrected chi connectivity index (χ2v) is 6.98. The highest BCUT2D eigenvalue weighted by molar-refractivity contribution is 14.1. The van der Waals surface area contributed by atoms with Gasteiger partial charge in [0, 0.05) is 6.54 Å². The van der Waals surface area contributed by atoms with Gasteiger partial charge in [0.2, 0.25) is 5.91 Å². The van der Waals surface area contributed by atoms with Gasteiger partial charge < -0.3 is 21.9 Å². The first-order valence-electron chi connectivity index (χ1n) is 5.42. The number of alkyl halides is 1. The predicted molar refractivity (Wildman–Crippen MR) is 77.6 cm³/mol. The van der Waals surface area contributed by atoms with Crippen LogP contribution in [0.1, 0.15) is 26.7 Å². The Morgan fingerprint density at radius 1 is 1.44 bits per heavy atom. The van der Waals surface area contributed by atoms with E-state index < -0.39 is 15.4 Å². The van der Waals surface area contributed by atoms with Crippen molar-refractivity contribution in [2.75, 3.05) is 6.54 Å². The summed E-state index contributed by atoms with van der Waals surface area (Å²) in [5.74, 6) is -1.40. The molecule has 0 aromatic carbocycles. The number of aliphatic carboxylic acids is 1. The highest BCUT2D eigenvalue weighted by Gasteiger charge is 2.28. The highest BCUT2D eigenvalue weighted by atomic mass is 127. The number of nitrogens with two attached hydrogens (primary N) is 2. The summed E-state index contributed by atoms with van der Waals surface area (Å²) < 4.78 is -0.648. The number of carbonyl (C=O) groups is 2. The minimum Gasteiger partial charge on any atom is -0.480 e. The summed E-state index contributed by atoms with van der Waals surface area (Å²) in [4.78, 5) is 26.4. The monoisotopic (exact) mass is 370 g/mol. The first kappa shape index (κ1) is 16.9. The zero-order valence-electron chi connectivity index (χ0n) is 10.4. The molecule has 0 heterocycles. The van der Waals surface area contributed by atoms with Crippen LogP contribution < -0.4 is 16.8 Å². The number of hydrogen-bond acceptors (Lipinski definition) is 3. The molecular weight excluding hydrogens is 351 g/mol. The Kier molecular flexibility index (Phi) is 6.96. The first-order valence-corrected chi connectivity index (χ1v) is 6.50. The Labute approximate surface area is 120 Å². The summed E-state index contributed by atoms with van der Waals surface area (Å²) in [6, 6.07) is -0.916. The molecule has 0 radical (unpaired) electrons. The van der Waals surface area contributed by atoms with E-state index in [4.69, 9.17) is 16.6 Å². The fraction of sp³-hybridized carbons (Fsp3) is 0.700. The quantitative estimate of drug-likeness (QED) is 0.162. The fourth-order valence-electron chi connectivity index (χ4n) is 1.09. The number of nitrogens with zero attached hydrogens (tertiary/aromatic N) is 1. The molecule has 0 aliphatic carbocycles. The molecule has 0 aromatic rings. The van der Waals surface area contributed by atoms with E-state index in [0.717, 1.165) is 0 Å². The summed E-state index contributed by atoms with van der Waals surface area (Å²) in [7, 11) is 0. The lowest BCUT2D eigenvalue weighted by atomic mass is 10.1. The lowest BCUT2D eigenvalue weighted by Crippen LogP contribution is -2.47. The molecule has 8 heteroatoms. The van der Waals surface area contributed by atoms with Crippen molar-refractivity contribution in [1.29, 1.82) is 0 Å². The number of nitrogens with one attached hydrogen (secondary N) is 1. The SMILES string of the molecule is CC(C)(I)C(=O)NC(CCCN=C(N)N)C(=O)O. The van der Waals surface area contributed by atoms with Gasteiger partial charge in [-0.05, 0) is 26.7 Å². The lowest BCUT2D eigenvalue weighted by Gasteiger charge is -2.20. The molecule has 0 saturated heterocycles. The molecule has 0 bridgehead atoms. The van der Waals surface area contributed by atoms with Crippen LogP contribution in [0.15, 0.2) is 4.99 Å². The number of carbonyl (C=O) groups excluding carboxylic acids is 1. The number of aliphatic imine (C=N–C) groups is 1. The largest absolute Gasteiger partial charge is 0.480 e. The predicted octanol–water partition coefficient (Wildman–Crippen LogP) is -0.177. The second-order valence-electron chi connectivity index (χ2n) is 4.29. The Hall–Kier alpha value is -1.06. The smallest absolute Gasteiger partial charge is 0.326 e. The van der Waals surface area contributed by atoms with E-state index in [9.17, 15) is 9.59 Å². The van der Waals surface area contributed by atoms with Gasteiger partial charge in [-0.15, -0.1) is 0 Å². The maximum absolute atomic E-state index is 11.7. The molecular formula is C10H19IN4O3. The van der Waals surface area contributed by atoms with E-state index in [0.29, 0.717) is 13.0 Å². The number of rotatable bonds is 7. The van der Waals surface area contributed by atoms with Crippen LogP contribution in [0.4, 0.5) is 0 Å². The van der Waals surface area contributed by atoms with E-state index in [1.54, 1.807) is 13.8 Å². The van der Waals surface area contributed by atoms with Gasteiger partial charge in [-0.1, -0.05) is 22.6 Å². The van der Waals surface area contributed by atoms with Crippen molar-refractivity contribution in [3.8, 4) is 0 Å². The molecule has 7 nitrogen and oxygen atoms in total. The summed E-state index contributed by atoms with van der Waals surface area (Å²) in [6.45, 7) is 3.76. The van der Waals surface area contributed by atoms with Gasteiger partial charge in [0.25, 0.3) is 0 Å². The van der Waals surface area contributed by atoms with Crippen LogP contribution in [0.25, 0.3) is 0 Å². The molecule has 0 aliphatic rings. The number of amides is 1. The van der Waals surface area contributed by atoms with Crippen molar-refractivity contribution < 1.29 is 14.7 Å². The van der Waals surface area contributed by atoms with Crippen molar-refractivity contribution in [2.24, 2.45) is 16.5 Å². The molecule has 0 rings (SSSR count). The average Bonchev–Trinajstić information content (AvgIpc) is 2.19. The van der Waals surface area contributed by atoms with Crippen LogP contribution in [0.3, 0.4) is 0 Å². The van der Waals surface area contributed by atoms with Crippen LogP contribution in [0.5, 0.6) is 0 Å². The van der Waals surface area contributed by atoms with Gasteiger partial charge in [0.05, 0.1) is 3.42 Å². The van der Waals surface area contributed by atoms with Crippen molar-refractivity contribution in [2.45, 2.75) is 36.2 Å². The van der Waals surface area contributed by atoms with Gasteiger partial charge in [0.1, 0.15) is 6.04 Å². The molecule has 0 aromatic heterocycles. The minimum atomic E-state index is -1.06. The third-order valence-corrected chi connectivity index (χ3v) is 2.58. The van der Waals surface area contributed by atoms with Crippen LogP contribution in [-0.2, 0) is 9.59 Å². The molecule has 6 N–H and O–H groups in total. The summed E-state index contributed by atoms with van der Waals surface area (Å²) in [5.41, 5.74) is 10.3. The molecule has 104 valence electrons. The van der Waals surface area contributed by atoms with Gasteiger partial charge >= 0.3 is 5.97 Å². The van der Waals surface area contributed by atoms with E-state index in [1.807, 2.05) is 22.6 Å². The van der Waals surface area contributed by atoms with Crippen molar-refractivity contribution >= 4 is 40.4 Å². The van der Waals surface area contributed by atoms with E-state index in [1.165, 1.54) is 0 Å². The Morgan fingerprint density at radius 2 is 2.00 bits per heavy atom. The zero-order chi connectivity index (χ0) is 14.3. The topological polar surface area (TPSA) is 131 Å². The summed E-state index contributed by atoms with van der Waals surface area (Å²) in [5, 5.41) is 11.5. The molecule has 0 spiro atoms. The zero-order valence-corrected chi connectivity index (χ0v) is 12.6. The Morgan fingerprint density at radius 3 is 2.39 bits per heavy atom. The molecule has 0 saturated carbocycles. The van der Waals surface area contributed by atoms with Gasteiger partial charge in [-0.3, -0.25) is 9.79 Å². The molecule has 1 atom stereocenters. The number of hydrogen-bond donors (Lipinski definition) is 4. The minimum absolute atomic E-state index is 0.0284. The number of carboxylic acid groups (broad SMARTS) is 1. The van der Waals surface area contributed by atoms with Crippen LogP contribution >= 0.6 is 22.6 Å². The molecule has 18 heavy (non-hydrogen) atoms. The van der Waals surface area contributed by atoms with Gasteiger partial charge in [0.15, 0.2) is 5.96 Å². The van der Waals surface area contributed by atoms with Gasteiger partial charge in [-0.2, -0.15) is 0 Å². The third kappa shape index (κ3) is 7.30. The fourth-order valence-corrected chi connectivity index (χ4v) is 1.25. The molecule has 0 fully saturated rings. The maximum Gasteiger partial charge on any atom is 0.326 e. The molecule has 1 unspecified atom stereocenters. The molecule has 0 aliphatic heterocycles. The van der Waals surface area contributed by atoms with E-state index in [2.05, 4.69) is 10.3 Å². The van der Waals surface area contributed by atoms with E-state index >= 15 is 0 Å². The Balaban J connectivity index is 4.29. The van der Waals surface area contributed by atoms with Crippen LogP contribution in [0, 0.1) is 0 Å².